The van der Waals surface area contributed by atoms with Crippen molar-refractivity contribution in [1.82, 2.24) is 10.0 Å². The van der Waals surface area contributed by atoms with Crippen LogP contribution in [0.15, 0.2) is 24.3 Å². The van der Waals surface area contributed by atoms with E-state index in [1.165, 1.54) is 11.8 Å². The van der Waals surface area contributed by atoms with Crippen LogP contribution in [0.5, 0.6) is 5.75 Å². The number of sulfonamides is 1. The Balaban J connectivity index is 1.45. The first kappa shape index (κ1) is 23.5. The first-order valence-electron chi connectivity index (χ1n) is 11.5. The highest BCUT2D eigenvalue weighted by molar-refractivity contribution is 7.88. The molecule has 1 aromatic carbocycles. The standard InChI is InChI=1S/C23H38N2O4S/c1-3-4-15-28-21-8-5-7-19(16-21)18-10-12-20(13-11-18)29-17-23-22(9-6-14-24-23)25-30(2,26)27/h5,7-8,16,18,20,22-25H,3-4,6,9-15,17H2,1-2H3. The fourth-order valence-corrected chi connectivity index (χ4v) is 5.37. The molecule has 1 saturated heterocycles. The van der Waals surface area contributed by atoms with Crippen molar-refractivity contribution in [3.63, 3.8) is 0 Å². The number of nitrogens with one attached hydrogen (secondary N) is 2. The Morgan fingerprint density at radius 3 is 2.70 bits per heavy atom. The molecule has 0 aromatic heterocycles. The summed E-state index contributed by atoms with van der Waals surface area (Å²) in [5.74, 6) is 1.54. The van der Waals surface area contributed by atoms with Gasteiger partial charge >= 0.3 is 0 Å². The van der Waals surface area contributed by atoms with Crippen LogP contribution in [0, 0.1) is 0 Å². The molecule has 1 aliphatic carbocycles. The maximum atomic E-state index is 11.6. The molecule has 2 aliphatic rings. The van der Waals surface area contributed by atoms with Gasteiger partial charge in [0.05, 0.1) is 25.6 Å². The van der Waals surface area contributed by atoms with Gasteiger partial charge in [-0.3, -0.25) is 0 Å². The molecule has 1 aromatic rings. The van der Waals surface area contributed by atoms with Crippen LogP contribution >= 0.6 is 0 Å². The number of hydrogen-bond donors (Lipinski definition) is 2. The van der Waals surface area contributed by atoms with E-state index in [1.54, 1.807) is 0 Å². The number of rotatable bonds is 10. The lowest BCUT2D eigenvalue weighted by atomic mass is 9.82. The number of hydrogen-bond acceptors (Lipinski definition) is 5. The molecule has 3 rings (SSSR count). The van der Waals surface area contributed by atoms with E-state index in [0.717, 1.165) is 70.3 Å². The van der Waals surface area contributed by atoms with Gasteiger partial charge in [-0.2, -0.15) is 0 Å². The minimum atomic E-state index is -3.20. The van der Waals surface area contributed by atoms with Gasteiger partial charge in [-0.25, -0.2) is 13.1 Å². The molecule has 2 N–H and O–H groups in total. The van der Waals surface area contributed by atoms with Crippen LogP contribution in [0.1, 0.15) is 69.8 Å². The fraction of sp³-hybridized carbons (Fsp3) is 0.739. The van der Waals surface area contributed by atoms with Gasteiger partial charge in [-0.05, 0) is 75.1 Å². The van der Waals surface area contributed by atoms with E-state index < -0.39 is 10.0 Å². The lowest BCUT2D eigenvalue weighted by molar-refractivity contribution is 0.00523. The normalized spacial score (nSPS) is 27.7. The Kier molecular flexibility index (Phi) is 8.98. The van der Waals surface area contributed by atoms with Gasteiger partial charge in [0.25, 0.3) is 0 Å². The van der Waals surface area contributed by atoms with Crippen molar-refractivity contribution in [3.8, 4) is 5.75 Å². The van der Waals surface area contributed by atoms with Crippen molar-refractivity contribution in [2.45, 2.75) is 82.4 Å². The zero-order valence-electron chi connectivity index (χ0n) is 18.4. The molecule has 30 heavy (non-hydrogen) atoms. The zero-order chi connectivity index (χ0) is 21.4. The zero-order valence-corrected chi connectivity index (χ0v) is 19.3. The summed E-state index contributed by atoms with van der Waals surface area (Å²) in [7, 11) is -3.20. The molecule has 0 bridgehead atoms. The van der Waals surface area contributed by atoms with E-state index in [9.17, 15) is 8.42 Å². The SMILES string of the molecule is CCCCOc1cccc(C2CCC(OCC3NCCCC3NS(C)(=O)=O)CC2)c1. The largest absolute Gasteiger partial charge is 0.494 e. The smallest absolute Gasteiger partial charge is 0.209 e. The molecule has 2 atom stereocenters. The molecular weight excluding hydrogens is 400 g/mol. The molecule has 0 amide bonds. The van der Waals surface area contributed by atoms with Crippen molar-refractivity contribution in [2.24, 2.45) is 0 Å². The lowest BCUT2D eigenvalue weighted by Crippen LogP contribution is -2.55. The van der Waals surface area contributed by atoms with E-state index in [-0.39, 0.29) is 18.2 Å². The molecule has 7 heteroatoms. The van der Waals surface area contributed by atoms with Crippen molar-refractivity contribution in [1.29, 1.82) is 0 Å². The minimum absolute atomic E-state index is 0.0446. The highest BCUT2D eigenvalue weighted by Crippen LogP contribution is 2.35. The summed E-state index contributed by atoms with van der Waals surface area (Å²) >= 11 is 0. The molecular formula is C23H38N2O4S. The lowest BCUT2D eigenvalue weighted by Gasteiger charge is -2.35. The van der Waals surface area contributed by atoms with Crippen LogP contribution in [0.2, 0.25) is 0 Å². The molecule has 170 valence electrons. The topological polar surface area (TPSA) is 76.7 Å². The molecule has 1 heterocycles. The predicted molar refractivity (Wildman–Crippen MR) is 121 cm³/mol. The second kappa shape index (κ2) is 11.5. The Hall–Kier alpha value is -1.15. The van der Waals surface area contributed by atoms with Gasteiger partial charge in [0.1, 0.15) is 5.75 Å². The summed E-state index contributed by atoms with van der Waals surface area (Å²) in [4.78, 5) is 0. The Morgan fingerprint density at radius 2 is 1.97 bits per heavy atom. The van der Waals surface area contributed by atoms with E-state index in [4.69, 9.17) is 9.47 Å². The molecule has 0 radical (unpaired) electrons. The number of ether oxygens (including phenoxy) is 2. The summed E-state index contributed by atoms with van der Waals surface area (Å²) in [6, 6.07) is 8.53. The maximum absolute atomic E-state index is 11.6. The summed E-state index contributed by atoms with van der Waals surface area (Å²) in [6.07, 6.45) is 9.88. The van der Waals surface area contributed by atoms with E-state index in [2.05, 4.69) is 35.2 Å². The minimum Gasteiger partial charge on any atom is -0.494 e. The molecule has 2 unspecified atom stereocenters. The Labute approximate surface area is 182 Å². The van der Waals surface area contributed by atoms with Gasteiger partial charge < -0.3 is 14.8 Å². The quantitative estimate of drug-likeness (QED) is 0.546. The van der Waals surface area contributed by atoms with Gasteiger partial charge in [0, 0.05) is 12.1 Å². The third kappa shape index (κ3) is 7.52. The highest BCUT2D eigenvalue weighted by Gasteiger charge is 2.29. The summed E-state index contributed by atoms with van der Waals surface area (Å²) in [5.41, 5.74) is 1.37. The van der Waals surface area contributed by atoms with E-state index >= 15 is 0 Å². The maximum Gasteiger partial charge on any atom is 0.209 e. The summed E-state index contributed by atoms with van der Waals surface area (Å²) in [5, 5.41) is 3.43. The third-order valence-electron chi connectivity index (χ3n) is 6.23. The van der Waals surface area contributed by atoms with Gasteiger partial charge in [-0.15, -0.1) is 0 Å². The molecule has 1 saturated carbocycles. The van der Waals surface area contributed by atoms with E-state index in [0.29, 0.717) is 12.5 Å². The predicted octanol–water partition coefficient (Wildman–Crippen LogP) is 3.58. The van der Waals surface area contributed by atoms with Crippen LogP contribution in [-0.4, -0.2) is 52.6 Å². The van der Waals surface area contributed by atoms with Crippen LogP contribution in [0.3, 0.4) is 0 Å². The van der Waals surface area contributed by atoms with Gasteiger partial charge in [0.2, 0.25) is 10.0 Å². The van der Waals surface area contributed by atoms with Crippen LogP contribution in [0.25, 0.3) is 0 Å². The van der Waals surface area contributed by atoms with Gasteiger partial charge in [-0.1, -0.05) is 25.5 Å². The number of benzene rings is 1. The third-order valence-corrected chi connectivity index (χ3v) is 6.96. The van der Waals surface area contributed by atoms with Crippen LogP contribution in [-0.2, 0) is 14.8 Å². The van der Waals surface area contributed by atoms with Gasteiger partial charge in [0.15, 0.2) is 0 Å². The second-order valence-corrected chi connectivity index (χ2v) is 10.6. The van der Waals surface area contributed by atoms with Crippen molar-refractivity contribution in [3.05, 3.63) is 29.8 Å². The van der Waals surface area contributed by atoms with Crippen LogP contribution < -0.4 is 14.8 Å². The second-order valence-electron chi connectivity index (χ2n) is 8.78. The fourth-order valence-electron chi connectivity index (χ4n) is 4.54. The summed E-state index contributed by atoms with van der Waals surface area (Å²) in [6.45, 7) is 4.43. The van der Waals surface area contributed by atoms with Crippen molar-refractivity contribution < 1.29 is 17.9 Å². The molecule has 1 aliphatic heterocycles. The molecule has 2 fully saturated rings. The first-order chi connectivity index (χ1) is 14.4. The summed E-state index contributed by atoms with van der Waals surface area (Å²) < 4.78 is 38.1. The highest BCUT2D eigenvalue weighted by atomic mass is 32.2. The Bertz CT molecular complexity index is 747. The molecule has 0 spiro atoms. The average molecular weight is 439 g/mol. The Morgan fingerprint density at radius 1 is 1.17 bits per heavy atom. The number of unbranched alkanes of at least 4 members (excludes halogenated alkanes) is 1. The average Bonchev–Trinajstić information content (AvgIpc) is 2.73. The molecule has 6 nitrogen and oxygen atoms in total. The first-order valence-corrected chi connectivity index (χ1v) is 13.4. The van der Waals surface area contributed by atoms with Crippen molar-refractivity contribution >= 4 is 10.0 Å². The monoisotopic (exact) mass is 438 g/mol. The van der Waals surface area contributed by atoms with Crippen molar-refractivity contribution in [2.75, 3.05) is 26.0 Å². The van der Waals surface area contributed by atoms with E-state index in [1.807, 2.05) is 6.07 Å². The van der Waals surface area contributed by atoms with Crippen LogP contribution in [0.4, 0.5) is 0 Å². The number of piperidine rings is 1.